The van der Waals surface area contributed by atoms with Gasteiger partial charge in [0, 0.05) is 24.0 Å². The average Bonchev–Trinajstić information content (AvgIpc) is 3.13. The van der Waals surface area contributed by atoms with Crippen molar-refractivity contribution in [1.82, 2.24) is 30.5 Å². The molecule has 7 nitrogen and oxygen atoms in total. The highest BCUT2D eigenvalue weighted by atomic mass is 16.2. The molecule has 128 valence electrons. The lowest BCUT2D eigenvalue weighted by Gasteiger charge is -2.10. The third-order valence-electron chi connectivity index (χ3n) is 3.87. The van der Waals surface area contributed by atoms with Crippen LogP contribution in [0.2, 0.25) is 0 Å². The minimum atomic E-state index is -0.527. The molecule has 0 fully saturated rings. The van der Waals surface area contributed by atoms with Crippen LogP contribution < -0.4 is 5.32 Å². The van der Waals surface area contributed by atoms with Gasteiger partial charge in [0.1, 0.15) is 6.04 Å². The zero-order chi connectivity index (χ0) is 17.6. The Labute approximate surface area is 146 Å². The van der Waals surface area contributed by atoms with Crippen molar-refractivity contribution in [1.29, 1.82) is 0 Å². The first kappa shape index (κ1) is 16.8. The number of carbonyl (C=O) groups excluding carboxylic acids is 1. The Morgan fingerprint density at radius 3 is 2.72 bits per heavy atom. The number of nitrogens with one attached hydrogen (secondary N) is 1. The van der Waals surface area contributed by atoms with Crippen LogP contribution in [0.4, 0.5) is 0 Å². The first-order valence-electron chi connectivity index (χ1n) is 8.17. The lowest BCUT2D eigenvalue weighted by atomic mass is 10.2. The second-order valence-corrected chi connectivity index (χ2v) is 5.82. The first-order chi connectivity index (χ1) is 12.1. The molecule has 1 amide bonds. The van der Waals surface area contributed by atoms with Crippen LogP contribution in [0, 0.1) is 6.92 Å². The minimum Gasteiger partial charge on any atom is -0.354 e. The quantitative estimate of drug-likeness (QED) is 0.744. The Bertz CT molecular complexity index is 828. The van der Waals surface area contributed by atoms with Crippen LogP contribution in [0.1, 0.15) is 24.2 Å². The van der Waals surface area contributed by atoms with Crippen LogP contribution in [0.5, 0.6) is 0 Å². The van der Waals surface area contributed by atoms with Gasteiger partial charge in [-0.1, -0.05) is 36.4 Å². The Morgan fingerprint density at radius 2 is 2.00 bits per heavy atom. The average molecular weight is 336 g/mol. The predicted octanol–water partition coefficient (Wildman–Crippen LogP) is 1.96. The number of nitrogens with zero attached hydrogens (tertiary/aromatic N) is 5. The number of benzene rings is 1. The lowest BCUT2D eigenvalue weighted by Crippen LogP contribution is -2.33. The maximum absolute atomic E-state index is 12.3. The fourth-order valence-electron chi connectivity index (χ4n) is 2.32. The zero-order valence-electron chi connectivity index (χ0n) is 14.3. The van der Waals surface area contributed by atoms with Crippen LogP contribution in [0.15, 0.2) is 48.7 Å². The fraction of sp³-hybridized carbons (Fsp3) is 0.278. The lowest BCUT2D eigenvalue weighted by molar-refractivity contribution is -0.124. The van der Waals surface area contributed by atoms with Gasteiger partial charge in [-0.25, -0.2) is 0 Å². The van der Waals surface area contributed by atoms with Gasteiger partial charge < -0.3 is 5.32 Å². The number of amides is 1. The molecule has 2 aromatic heterocycles. The van der Waals surface area contributed by atoms with E-state index in [1.807, 2.05) is 55.6 Å². The van der Waals surface area contributed by atoms with E-state index in [0.717, 1.165) is 23.2 Å². The van der Waals surface area contributed by atoms with Crippen molar-refractivity contribution in [3.05, 3.63) is 59.9 Å². The summed E-state index contributed by atoms with van der Waals surface area (Å²) in [6, 6.07) is 13.0. The molecule has 0 saturated heterocycles. The molecule has 7 heteroatoms. The molecule has 0 spiro atoms. The third-order valence-corrected chi connectivity index (χ3v) is 3.87. The van der Waals surface area contributed by atoms with Crippen LogP contribution in [-0.2, 0) is 11.2 Å². The number of pyridine rings is 1. The van der Waals surface area contributed by atoms with E-state index in [0.29, 0.717) is 12.4 Å². The van der Waals surface area contributed by atoms with Crippen molar-refractivity contribution in [2.75, 3.05) is 6.54 Å². The standard InChI is InChI=1S/C18H20N6O/c1-13-8-9-15(12-20-13)10-11-19-18(25)14(2)24-22-17(21-23-24)16-6-4-3-5-7-16/h3-9,12,14H,10-11H2,1-2H3,(H,19,25). The van der Waals surface area contributed by atoms with Crippen LogP contribution >= 0.6 is 0 Å². The van der Waals surface area contributed by atoms with E-state index >= 15 is 0 Å². The molecule has 0 radical (unpaired) electrons. The van der Waals surface area contributed by atoms with Gasteiger partial charge in [0.2, 0.25) is 11.7 Å². The van der Waals surface area contributed by atoms with E-state index in [2.05, 4.69) is 25.7 Å². The molecule has 25 heavy (non-hydrogen) atoms. The summed E-state index contributed by atoms with van der Waals surface area (Å²) in [5.74, 6) is 0.364. The largest absolute Gasteiger partial charge is 0.354 e. The van der Waals surface area contributed by atoms with Gasteiger partial charge in [-0.05, 0) is 37.1 Å². The molecule has 1 atom stereocenters. The Morgan fingerprint density at radius 1 is 1.20 bits per heavy atom. The summed E-state index contributed by atoms with van der Waals surface area (Å²) in [5, 5.41) is 15.2. The second kappa shape index (κ2) is 7.65. The van der Waals surface area contributed by atoms with E-state index in [1.54, 1.807) is 6.92 Å². The molecule has 1 N–H and O–H groups in total. The predicted molar refractivity (Wildman–Crippen MR) is 93.7 cm³/mol. The Hall–Kier alpha value is -3.09. The summed E-state index contributed by atoms with van der Waals surface area (Å²) >= 11 is 0. The van der Waals surface area contributed by atoms with Crippen molar-refractivity contribution < 1.29 is 4.79 Å². The monoisotopic (exact) mass is 336 g/mol. The van der Waals surface area contributed by atoms with E-state index in [4.69, 9.17) is 0 Å². The molecule has 3 aromatic rings. The van der Waals surface area contributed by atoms with Crippen molar-refractivity contribution in [3.8, 4) is 11.4 Å². The van der Waals surface area contributed by atoms with Gasteiger partial charge >= 0.3 is 0 Å². The van der Waals surface area contributed by atoms with Crippen LogP contribution in [0.25, 0.3) is 11.4 Å². The van der Waals surface area contributed by atoms with Gasteiger partial charge in [0.25, 0.3) is 0 Å². The van der Waals surface area contributed by atoms with E-state index in [1.165, 1.54) is 4.80 Å². The highest BCUT2D eigenvalue weighted by Crippen LogP contribution is 2.13. The summed E-state index contributed by atoms with van der Waals surface area (Å²) in [6.07, 6.45) is 2.56. The van der Waals surface area contributed by atoms with E-state index in [-0.39, 0.29) is 5.91 Å². The number of hydrogen-bond donors (Lipinski definition) is 1. The molecule has 0 saturated carbocycles. The first-order valence-corrected chi connectivity index (χ1v) is 8.17. The molecule has 0 aliphatic rings. The Balaban J connectivity index is 1.55. The van der Waals surface area contributed by atoms with E-state index in [9.17, 15) is 4.79 Å². The Kier molecular flexibility index (Phi) is 5.13. The second-order valence-electron chi connectivity index (χ2n) is 5.82. The summed E-state index contributed by atoms with van der Waals surface area (Å²) in [4.78, 5) is 17.9. The molecule has 1 unspecified atom stereocenters. The van der Waals surface area contributed by atoms with Crippen molar-refractivity contribution >= 4 is 5.91 Å². The molecule has 0 bridgehead atoms. The highest BCUT2D eigenvalue weighted by molar-refractivity contribution is 5.79. The summed E-state index contributed by atoms with van der Waals surface area (Å²) in [7, 11) is 0. The highest BCUT2D eigenvalue weighted by Gasteiger charge is 2.18. The topological polar surface area (TPSA) is 85.6 Å². The van der Waals surface area contributed by atoms with Crippen molar-refractivity contribution in [2.45, 2.75) is 26.3 Å². The van der Waals surface area contributed by atoms with Gasteiger partial charge in [-0.2, -0.15) is 4.80 Å². The smallest absolute Gasteiger partial charge is 0.246 e. The molecule has 0 aliphatic heterocycles. The summed E-state index contributed by atoms with van der Waals surface area (Å²) in [5.41, 5.74) is 2.94. The molecular formula is C18H20N6O. The summed E-state index contributed by atoms with van der Waals surface area (Å²) in [6.45, 7) is 4.23. The van der Waals surface area contributed by atoms with Gasteiger partial charge in [0.15, 0.2) is 0 Å². The van der Waals surface area contributed by atoms with Crippen LogP contribution in [0.3, 0.4) is 0 Å². The maximum atomic E-state index is 12.3. The number of aromatic nitrogens is 5. The zero-order valence-corrected chi connectivity index (χ0v) is 14.3. The molecule has 0 aliphatic carbocycles. The number of hydrogen-bond acceptors (Lipinski definition) is 5. The third kappa shape index (κ3) is 4.26. The van der Waals surface area contributed by atoms with Gasteiger partial charge in [0.05, 0.1) is 0 Å². The molecule has 2 heterocycles. The van der Waals surface area contributed by atoms with Gasteiger partial charge in [-0.15, -0.1) is 10.2 Å². The van der Waals surface area contributed by atoms with Crippen LogP contribution in [-0.4, -0.2) is 37.6 Å². The molecule has 3 rings (SSSR count). The van der Waals surface area contributed by atoms with Crippen molar-refractivity contribution in [2.24, 2.45) is 0 Å². The number of carbonyl (C=O) groups is 1. The molecule has 1 aromatic carbocycles. The fourth-order valence-corrected chi connectivity index (χ4v) is 2.32. The summed E-state index contributed by atoms with van der Waals surface area (Å²) < 4.78 is 0. The minimum absolute atomic E-state index is 0.142. The SMILES string of the molecule is Cc1ccc(CCNC(=O)C(C)n2nnc(-c3ccccc3)n2)cn1. The van der Waals surface area contributed by atoms with Crippen molar-refractivity contribution in [3.63, 3.8) is 0 Å². The molecular weight excluding hydrogens is 316 g/mol. The maximum Gasteiger partial charge on any atom is 0.246 e. The number of tetrazole rings is 1. The van der Waals surface area contributed by atoms with Gasteiger partial charge in [-0.3, -0.25) is 9.78 Å². The van der Waals surface area contributed by atoms with E-state index < -0.39 is 6.04 Å². The number of aryl methyl sites for hydroxylation is 1. The number of rotatable bonds is 6. The normalized spacial score (nSPS) is 11.9.